The highest BCUT2D eigenvalue weighted by Gasteiger charge is 2.23. The summed E-state index contributed by atoms with van der Waals surface area (Å²) >= 11 is 0. The number of aryl methyl sites for hydroxylation is 1. The molecular weight excluding hydrogens is 297 g/mol. The van der Waals surface area contributed by atoms with Crippen molar-refractivity contribution in [3.8, 4) is 0 Å². The molecule has 1 aromatic rings. The molecule has 0 aliphatic rings. The maximum atomic E-state index is 13.2. The van der Waals surface area contributed by atoms with Crippen molar-refractivity contribution in [1.82, 2.24) is 4.72 Å². The van der Waals surface area contributed by atoms with E-state index in [1.165, 1.54) is 12.1 Å². The monoisotopic (exact) mass is 317 g/mol. The van der Waals surface area contributed by atoms with Crippen LogP contribution in [0.25, 0.3) is 0 Å². The first kappa shape index (κ1) is 17.6. The van der Waals surface area contributed by atoms with Gasteiger partial charge in [-0.05, 0) is 37.0 Å². The minimum atomic E-state index is -3.93. The number of rotatable bonds is 7. The zero-order valence-corrected chi connectivity index (χ0v) is 13.1. The average Bonchev–Trinajstić information content (AvgIpc) is 2.36. The predicted octanol–water partition coefficient (Wildman–Crippen LogP) is 2.16. The number of aliphatic carboxylic acids is 1. The molecule has 7 heteroatoms. The van der Waals surface area contributed by atoms with Gasteiger partial charge >= 0.3 is 5.97 Å². The van der Waals surface area contributed by atoms with Gasteiger partial charge in [0.1, 0.15) is 5.82 Å². The summed E-state index contributed by atoms with van der Waals surface area (Å²) in [6.07, 6.45) is 0.361. The Kier molecular flexibility index (Phi) is 5.86. The molecule has 0 saturated carbocycles. The number of halogens is 1. The van der Waals surface area contributed by atoms with E-state index in [2.05, 4.69) is 4.72 Å². The first-order valence-corrected chi connectivity index (χ1v) is 8.10. The number of carbonyl (C=O) groups is 1. The van der Waals surface area contributed by atoms with Crippen LogP contribution in [0.3, 0.4) is 0 Å². The lowest BCUT2D eigenvalue weighted by Gasteiger charge is -2.16. The van der Waals surface area contributed by atoms with Gasteiger partial charge in [0, 0.05) is 6.54 Å². The Bertz CT molecular complexity index is 613. The summed E-state index contributed by atoms with van der Waals surface area (Å²) in [7, 11) is -3.93. The molecule has 0 aliphatic carbocycles. The SMILES string of the molecule is Cc1ccc(F)cc1S(=O)(=O)NCC(CC(C)C)C(=O)O. The van der Waals surface area contributed by atoms with Crippen molar-refractivity contribution >= 4 is 16.0 Å². The molecule has 1 aromatic carbocycles. The normalized spacial score (nSPS) is 13.4. The molecule has 0 amide bonds. The van der Waals surface area contributed by atoms with E-state index >= 15 is 0 Å². The van der Waals surface area contributed by atoms with Gasteiger partial charge in [0.2, 0.25) is 10.0 Å². The molecule has 0 fully saturated rings. The average molecular weight is 317 g/mol. The van der Waals surface area contributed by atoms with Crippen molar-refractivity contribution in [2.24, 2.45) is 11.8 Å². The van der Waals surface area contributed by atoms with Crippen molar-refractivity contribution in [2.75, 3.05) is 6.54 Å². The summed E-state index contributed by atoms with van der Waals surface area (Å²) in [4.78, 5) is 10.9. The molecule has 0 aromatic heterocycles. The summed E-state index contributed by atoms with van der Waals surface area (Å²) in [5, 5.41) is 9.09. The fraction of sp³-hybridized carbons (Fsp3) is 0.500. The number of carboxylic acid groups (broad SMARTS) is 1. The molecule has 1 rings (SSSR count). The van der Waals surface area contributed by atoms with E-state index in [0.717, 1.165) is 6.07 Å². The molecular formula is C14H20FNO4S. The van der Waals surface area contributed by atoms with Gasteiger partial charge in [-0.2, -0.15) is 0 Å². The van der Waals surface area contributed by atoms with Crippen molar-refractivity contribution < 1.29 is 22.7 Å². The quantitative estimate of drug-likeness (QED) is 0.807. The summed E-state index contributed by atoms with van der Waals surface area (Å²) in [6, 6.07) is 3.47. The number of nitrogens with one attached hydrogen (secondary N) is 1. The van der Waals surface area contributed by atoms with E-state index in [9.17, 15) is 17.6 Å². The Morgan fingerprint density at radius 1 is 1.38 bits per heavy atom. The van der Waals surface area contributed by atoms with Crippen molar-refractivity contribution in [3.63, 3.8) is 0 Å². The van der Waals surface area contributed by atoms with Crippen LogP contribution in [0.2, 0.25) is 0 Å². The van der Waals surface area contributed by atoms with Crippen LogP contribution in [0.15, 0.2) is 23.1 Å². The van der Waals surface area contributed by atoms with Crippen molar-refractivity contribution in [3.05, 3.63) is 29.6 Å². The molecule has 1 unspecified atom stereocenters. The lowest BCUT2D eigenvalue weighted by Crippen LogP contribution is -2.34. The predicted molar refractivity (Wildman–Crippen MR) is 76.9 cm³/mol. The van der Waals surface area contributed by atoms with E-state index in [4.69, 9.17) is 5.11 Å². The van der Waals surface area contributed by atoms with Crippen LogP contribution in [0.1, 0.15) is 25.8 Å². The Morgan fingerprint density at radius 2 is 2.00 bits per heavy atom. The zero-order valence-electron chi connectivity index (χ0n) is 12.3. The molecule has 21 heavy (non-hydrogen) atoms. The van der Waals surface area contributed by atoms with E-state index in [1.54, 1.807) is 6.92 Å². The number of sulfonamides is 1. The molecule has 2 N–H and O–H groups in total. The zero-order chi connectivity index (χ0) is 16.2. The Morgan fingerprint density at radius 3 is 2.52 bits per heavy atom. The topological polar surface area (TPSA) is 83.5 Å². The fourth-order valence-corrected chi connectivity index (χ4v) is 3.33. The largest absolute Gasteiger partial charge is 0.481 e. The van der Waals surface area contributed by atoms with Gasteiger partial charge in [0.05, 0.1) is 10.8 Å². The molecule has 0 saturated heterocycles. The number of hydrogen-bond acceptors (Lipinski definition) is 3. The Labute approximate surface area is 124 Å². The highest BCUT2D eigenvalue weighted by molar-refractivity contribution is 7.89. The Hall–Kier alpha value is -1.47. The highest BCUT2D eigenvalue weighted by Crippen LogP contribution is 2.17. The molecule has 0 spiro atoms. The fourth-order valence-electron chi connectivity index (χ4n) is 1.99. The number of carboxylic acids is 1. The number of hydrogen-bond donors (Lipinski definition) is 2. The summed E-state index contributed by atoms with van der Waals surface area (Å²) < 4.78 is 39.7. The third-order valence-electron chi connectivity index (χ3n) is 3.06. The highest BCUT2D eigenvalue weighted by atomic mass is 32.2. The second kappa shape index (κ2) is 7.00. The maximum Gasteiger partial charge on any atom is 0.307 e. The molecule has 118 valence electrons. The third-order valence-corrected chi connectivity index (χ3v) is 4.63. The van der Waals surface area contributed by atoms with Gasteiger partial charge in [0.25, 0.3) is 0 Å². The summed E-state index contributed by atoms with van der Waals surface area (Å²) in [5.74, 6) is -2.39. The van der Waals surface area contributed by atoms with Crippen molar-refractivity contribution in [1.29, 1.82) is 0 Å². The maximum absolute atomic E-state index is 13.2. The van der Waals surface area contributed by atoms with Gasteiger partial charge in [-0.25, -0.2) is 17.5 Å². The summed E-state index contributed by atoms with van der Waals surface area (Å²) in [5.41, 5.74) is 0.402. The van der Waals surface area contributed by atoms with Crippen LogP contribution in [0, 0.1) is 24.6 Å². The van der Waals surface area contributed by atoms with Gasteiger partial charge in [-0.3, -0.25) is 4.79 Å². The van der Waals surface area contributed by atoms with E-state index in [1.807, 2.05) is 13.8 Å². The number of benzene rings is 1. The molecule has 0 bridgehead atoms. The van der Waals surface area contributed by atoms with Crippen LogP contribution in [0.4, 0.5) is 4.39 Å². The van der Waals surface area contributed by atoms with Crippen molar-refractivity contribution in [2.45, 2.75) is 32.1 Å². The molecule has 0 radical (unpaired) electrons. The lowest BCUT2D eigenvalue weighted by molar-refractivity contribution is -0.142. The smallest absolute Gasteiger partial charge is 0.307 e. The third kappa shape index (κ3) is 5.09. The molecule has 0 aliphatic heterocycles. The summed E-state index contributed by atoms with van der Waals surface area (Å²) in [6.45, 7) is 5.06. The van der Waals surface area contributed by atoms with Crippen LogP contribution in [-0.4, -0.2) is 26.0 Å². The standard InChI is InChI=1S/C14H20FNO4S/c1-9(2)6-11(14(17)18)8-16-21(19,20)13-7-12(15)5-4-10(13)3/h4-5,7,9,11,16H,6,8H2,1-3H3,(H,17,18). The second-order valence-electron chi connectivity index (χ2n) is 5.43. The van der Waals surface area contributed by atoms with E-state index in [0.29, 0.717) is 12.0 Å². The molecule has 1 atom stereocenters. The molecule has 0 heterocycles. The Balaban J connectivity index is 2.89. The van der Waals surface area contributed by atoms with Crippen LogP contribution >= 0.6 is 0 Å². The van der Waals surface area contributed by atoms with Crippen LogP contribution < -0.4 is 4.72 Å². The minimum Gasteiger partial charge on any atom is -0.481 e. The van der Waals surface area contributed by atoms with Crippen LogP contribution in [-0.2, 0) is 14.8 Å². The van der Waals surface area contributed by atoms with E-state index < -0.39 is 27.7 Å². The van der Waals surface area contributed by atoms with Gasteiger partial charge in [0.15, 0.2) is 0 Å². The minimum absolute atomic E-state index is 0.131. The van der Waals surface area contributed by atoms with Gasteiger partial charge in [-0.15, -0.1) is 0 Å². The van der Waals surface area contributed by atoms with Gasteiger partial charge in [-0.1, -0.05) is 19.9 Å². The first-order valence-electron chi connectivity index (χ1n) is 6.62. The van der Waals surface area contributed by atoms with E-state index in [-0.39, 0.29) is 17.4 Å². The lowest BCUT2D eigenvalue weighted by atomic mass is 9.98. The first-order chi connectivity index (χ1) is 9.63. The second-order valence-corrected chi connectivity index (χ2v) is 7.16. The molecule has 5 nitrogen and oxygen atoms in total. The van der Waals surface area contributed by atoms with Gasteiger partial charge < -0.3 is 5.11 Å². The van der Waals surface area contributed by atoms with Crippen LogP contribution in [0.5, 0.6) is 0 Å².